The highest BCUT2D eigenvalue weighted by Crippen LogP contribution is 2.27. The Labute approximate surface area is 129 Å². The first kappa shape index (κ1) is 13.9. The number of pyridine rings is 1. The second-order valence-corrected chi connectivity index (χ2v) is 5.42. The highest BCUT2D eigenvalue weighted by Gasteiger charge is 2.24. The number of benzene rings is 1. The molecule has 0 aliphatic carbocycles. The quantitative estimate of drug-likeness (QED) is 0.926. The number of piperazine rings is 1. The smallest absolute Gasteiger partial charge is 0.129 e. The van der Waals surface area contributed by atoms with Crippen molar-refractivity contribution in [1.29, 1.82) is 5.26 Å². The first-order chi connectivity index (χ1) is 10.3. The molecular weight excluding hydrogens is 284 g/mol. The van der Waals surface area contributed by atoms with E-state index >= 15 is 0 Å². The molecule has 0 spiro atoms. The van der Waals surface area contributed by atoms with Crippen molar-refractivity contribution in [3.8, 4) is 6.07 Å². The van der Waals surface area contributed by atoms with E-state index in [1.165, 1.54) is 5.56 Å². The molecule has 1 fully saturated rings. The minimum absolute atomic E-state index is 0.219. The number of nitrogens with zero attached hydrogens (tertiary/aromatic N) is 3. The Bertz CT molecular complexity index is 645. The minimum atomic E-state index is 0.219. The molecule has 0 unspecified atom stereocenters. The Morgan fingerprint density at radius 1 is 1.24 bits per heavy atom. The summed E-state index contributed by atoms with van der Waals surface area (Å²) >= 11 is 5.97. The van der Waals surface area contributed by atoms with E-state index in [2.05, 4.69) is 33.4 Å². The van der Waals surface area contributed by atoms with Gasteiger partial charge in [0.05, 0.1) is 11.6 Å². The lowest BCUT2D eigenvalue weighted by molar-refractivity contribution is 0.486. The fraction of sp³-hybridized carbons (Fsp3) is 0.250. The molecule has 1 N–H and O–H groups in total. The monoisotopic (exact) mass is 298 g/mol. The lowest BCUT2D eigenvalue weighted by Gasteiger charge is -2.37. The highest BCUT2D eigenvalue weighted by atomic mass is 35.5. The molecule has 2 heterocycles. The largest absolute Gasteiger partial charge is 0.347 e. The lowest BCUT2D eigenvalue weighted by Crippen LogP contribution is -2.46. The van der Waals surface area contributed by atoms with Crippen LogP contribution in [0.3, 0.4) is 0 Å². The van der Waals surface area contributed by atoms with E-state index in [0.29, 0.717) is 5.56 Å². The summed E-state index contributed by atoms with van der Waals surface area (Å²) in [4.78, 5) is 6.68. The first-order valence-corrected chi connectivity index (χ1v) is 7.25. The van der Waals surface area contributed by atoms with Crippen molar-refractivity contribution in [2.75, 3.05) is 24.5 Å². The highest BCUT2D eigenvalue weighted by molar-refractivity contribution is 6.30. The van der Waals surface area contributed by atoms with Crippen LogP contribution in [0.15, 0.2) is 42.6 Å². The number of nitriles is 1. The third-order valence-corrected chi connectivity index (χ3v) is 3.92. The number of halogens is 1. The number of aromatic nitrogens is 1. The Balaban J connectivity index is 1.90. The van der Waals surface area contributed by atoms with Crippen LogP contribution < -0.4 is 10.2 Å². The molecule has 4 nitrogen and oxygen atoms in total. The maximum Gasteiger partial charge on any atom is 0.129 e. The van der Waals surface area contributed by atoms with E-state index in [1.807, 2.05) is 24.3 Å². The van der Waals surface area contributed by atoms with Crippen LogP contribution in [-0.4, -0.2) is 24.6 Å². The molecule has 106 valence electrons. The molecule has 1 atom stereocenters. The summed E-state index contributed by atoms with van der Waals surface area (Å²) in [5.41, 5.74) is 1.79. The van der Waals surface area contributed by atoms with Gasteiger partial charge in [0.25, 0.3) is 0 Å². The molecule has 5 heteroatoms. The van der Waals surface area contributed by atoms with Gasteiger partial charge in [-0.2, -0.15) is 5.26 Å². The van der Waals surface area contributed by atoms with Gasteiger partial charge in [-0.05, 0) is 29.8 Å². The number of hydrogen-bond donors (Lipinski definition) is 1. The molecule has 0 amide bonds. The standard InChI is InChI=1S/C16H15ClN4/c17-14-4-2-13(3-5-14)15-11-19-7-8-21(15)16-6-1-12(9-18)10-20-16/h1-6,10,15,19H,7-8,11H2/t15-/m0/s1. The van der Waals surface area contributed by atoms with Crippen LogP contribution in [0.4, 0.5) is 5.82 Å². The van der Waals surface area contributed by atoms with Crippen LogP contribution in [0.5, 0.6) is 0 Å². The zero-order chi connectivity index (χ0) is 14.7. The summed E-state index contributed by atoms with van der Waals surface area (Å²) in [7, 11) is 0. The van der Waals surface area contributed by atoms with Gasteiger partial charge in [0.1, 0.15) is 11.9 Å². The fourth-order valence-electron chi connectivity index (χ4n) is 2.58. The van der Waals surface area contributed by atoms with Crippen LogP contribution in [0, 0.1) is 11.3 Å². The normalized spacial score (nSPS) is 18.3. The zero-order valence-electron chi connectivity index (χ0n) is 11.5. The van der Waals surface area contributed by atoms with Crippen molar-refractivity contribution < 1.29 is 0 Å². The topological polar surface area (TPSA) is 52.0 Å². The van der Waals surface area contributed by atoms with Crippen LogP contribution in [0.2, 0.25) is 5.02 Å². The van der Waals surface area contributed by atoms with Crippen LogP contribution in [0.1, 0.15) is 17.2 Å². The van der Waals surface area contributed by atoms with Gasteiger partial charge in [-0.3, -0.25) is 0 Å². The summed E-state index contributed by atoms with van der Waals surface area (Å²) in [5.74, 6) is 0.899. The third kappa shape index (κ3) is 2.99. The molecule has 1 aromatic heterocycles. The third-order valence-electron chi connectivity index (χ3n) is 3.67. The van der Waals surface area contributed by atoms with E-state index < -0.39 is 0 Å². The van der Waals surface area contributed by atoms with Crippen molar-refractivity contribution in [1.82, 2.24) is 10.3 Å². The zero-order valence-corrected chi connectivity index (χ0v) is 12.2. The van der Waals surface area contributed by atoms with Crippen molar-refractivity contribution in [2.24, 2.45) is 0 Å². The predicted octanol–water partition coefficient (Wildman–Crippen LogP) is 2.76. The fourth-order valence-corrected chi connectivity index (χ4v) is 2.71. The van der Waals surface area contributed by atoms with E-state index in [-0.39, 0.29) is 6.04 Å². The van der Waals surface area contributed by atoms with E-state index in [9.17, 15) is 0 Å². The molecule has 1 aliphatic heterocycles. The van der Waals surface area contributed by atoms with Crippen LogP contribution in [-0.2, 0) is 0 Å². The van der Waals surface area contributed by atoms with Gasteiger partial charge in [0.15, 0.2) is 0 Å². The van der Waals surface area contributed by atoms with E-state index in [4.69, 9.17) is 16.9 Å². The summed E-state index contributed by atoms with van der Waals surface area (Å²) in [6.45, 7) is 2.67. The molecule has 0 saturated carbocycles. The maximum atomic E-state index is 8.87. The van der Waals surface area contributed by atoms with Gasteiger partial charge in [-0.1, -0.05) is 23.7 Å². The van der Waals surface area contributed by atoms with Gasteiger partial charge in [0, 0.05) is 30.9 Å². The Hall–Kier alpha value is -2.09. The van der Waals surface area contributed by atoms with Gasteiger partial charge in [0.2, 0.25) is 0 Å². The average molecular weight is 299 g/mol. The van der Waals surface area contributed by atoms with E-state index in [0.717, 1.165) is 30.5 Å². The van der Waals surface area contributed by atoms with Gasteiger partial charge >= 0.3 is 0 Å². The van der Waals surface area contributed by atoms with Crippen molar-refractivity contribution in [2.45, 2.75) is 6.04 Å². The first-order valence-electron chi connectivity index (χ1n) is 6.87. The molecular formula is C16H15ClN4. The summed E-state index contributed by atoms with van der Waals surface area (Å²) < 4.78 is 0. The van der Waals surface area contributed by atoms with Gasteiger partial charge < -0.3 is 10.2 Å². The molecule has 3 rings (SSSR count). The number of hydrogen-bond acceptors (Lipinski definition) is 4. The number of anilines is 1. The van der Waals surface area contributed by atoms with Crippen molar-refractivity contribution in [3.63, 3.8) is 0 Å². The van der Waals surface area contributed by atoms with Gasteiger partial charge in [-0.25, -0.2) is 4.98 Å². The molecule has 0 bridgehead atoms. The van der Waals surface area contributed by atoms with Crippen LogP contribution in [0.25, 0.3) is 0 Å². The second-order valence-electron chi connectivity index (χ2n) is 4.98. The molecule has 21 heavy (non-hydrogen) atoms. The van der Waals surface area contributed by atoms with Gasteiger partial charge in [-0.15, -0.1) is 0 Å². The summed E-state index contributed by atoms with van der Waals surface area (Å²) in [6, 6.07) is 14.0. The lowest BCUT2D eigenvalue weighted by atomic mass is 10.0. The number of nitrogens with one attached hydrogen (secondary N) is 1. The Morgan fingerprint density at radius 2 is 2.05 bits per heavy atom. The summed E-state index contributed by atoms with van der Waals surface area (Å²) in [6.07, 6.45) is 1.62. The van der Waals surface area contributed by atoms with E-state index in [1.54, 1.807) is 6.20 Å². The van der Waals surface area contributed by atoms with Crippen molar-refractivity contribution in [3.05, 3.63) is 58.7 Å². The Kier molecular flexibility index (Phi) is 4.05. The summed E-state index contributed by atoms with van der Waals surface area (Å²) in [5, 5.41) is 13.0. The molecule has 1 aliphatic rings. The SMILES string of the molecule is N#Cc1ccc(N2CCNC[C@H]2c2ccc(Cl)cc2)nc1. The molecule has 0 radical (unpaired) electrons. The number of rotatable bonds is 2. The minimum Gasteiger partial charge on any atom is -0.347 e. The predicted molar refractivity (Wildman–Crippen MR) is 83.4 cm³/mol. The molecule has 1 saturated heterocycles. The van der Waals surface area contributed by atoms with Crippen LogP contribution >= 0.6 is 11.6 Å². The Morgan fingerprint density at radius 3 is 2.71 bits per heavy atom. The molecule has 1 aromatic carbocycles. The molecule has 2 aromatic rings. The maximum absolute atomic E-state index is 8.87. The average Bonchev–Trinajstić information content (AvgIpc) is 2.56. The van der Waals surface area contributed by atoms with Crippen molar-refractivity contribution >= 4 is 17.4 Å². The second kappa shape index (κ2) is 6.13.